The Hall–Kier alpha value is -1.83. The normalized spacial score (nSPS) is 64.1. The second kappa shape index (κ2) is 8.36. The first kappa shape index (κ1) is 29.6. The van der Waals surface area contributed by atoms with Crippen LogP contribution < -0.4 is 0 Å². The van der Waals surface area contributed by atoms with Gasteiger partial charge in [0.15, 0.2) is 5.60 Å². The summed E-state index contributed by atoms with van der Waals surface area (Å²) in [7, 11) is 0. The van der Waals surface area contributed by atoms with E-state index in [1.807, 2.05) is 20.8 Å². The van der Waals surface area contributed by atoms with E-state index >= 15 is 0 Å². The van der Waals surface area contributed by atoms with Crippen LogP contribution in [-0.4, -0.2) is 98.6 Å². The molecule has 2 unspecified atom stereocenters. The number of rotatable bonds is 2. The lowest BCUT2D eigenvalue weighted by Crippen LogP contribution is -2.72. The van der Waals surface area contributed by atoms with Gasteiger partial charge in [-0.2, -0.15) is 0 Å². The van der Waals surface area contributed by atoms with E-state index in [4.69, 9.17) is 23.7 Å². The van der Waals surface area contributed by atoms with E-state index in [0.717, 1.165) is 0 Å². The zero-order valence-corrected chi connectivity index (χ0v) is 26.1. The van der Waals surface area contributed by atoms with Crippen LogP contribution in [-0.2, 0) is 38.1 Å². The fraction of sp³-hybridized carbons (Fsp3) is 0.906. The van der Waals surface area contributed by atoms with Crippen LogP contribution in [0.25, 0.3) is 0 Å². The van der Waals surface area contributed by atoms with Gasteiger partial charge in [-0.1, -0.05) is 20.8 Å². The number of fused-ring (bicyclic) bond motifs is 9. The summed E-state index contributed by atoms with van der Waals surface area (Å²) in [5.41, 5.74) is -5.42. The highest BCUT2D eigenvalue weighted by Gasteiger charge is 2.92. The Labute approximate surface area is 255 Å². The molecule has 20 atom stereocenters. The molecule has 44 heavy (non-hydrogen) atoms. The Morgan fingerprint density at radius 3 is 2.20 bits per heavy atom. The first-order chi connectivity index (χ1) is 20.4. The molecule has 244 valence electrons. The Morgan fingerprint density at radius 1 is 0.909 bits per heavy atom. The minimum atomic E-state index is -2.01. The highest BCUT2D eigenvalue weighted by molar-refractivity contribution is 5.84. The van der Waals surface area contributed by atoms with Crippen LogP contribution in [0.2, 0.25) is 0 Å². The van der Waals surface area contributed by atoms with Crippen molar-refractivity contribution in [3.05, 3.63) is 0 Å². The molecule has 8 fully saturated rings. The minimum absolute atomic E-state index is 0.108. The van der Waals surface area contributed by atoms with Crippen LogP contribution in [0.5, 0.6) is 0 Å². The van der Waals surface area contributed by atoms with Crippen molar-refractivity contribution in [3.63, 3.8) is 0 Å². The van der Waals surface area contributed by atoms with Gasteiger partial charge in [0.2, 0.25) is 5.79 Å². The molecule has 1 spiro atoms. The Balaban J connectivity index is 1.36. The molecule has 5 aliphatic carbocycles. The van der Waals surface area contributed by atoms with E-state index in [-0.39, 0.29) is 24.0 Å². The second-order valence-corrected chi connectivity index (χ2v) is 16.1. The number of ether oxygens (including phenoxy) is 5. The van der Waals surface area contributed by atoms with Crippen molar-refractivity contribution < 1.29 is 58.5 Å². The van der Waals surface area contributed by atoms with E-state index in [1.54, 1.807) is 6.92 Å². The van der Waals surface area contributed by atoms with Crippen molar-refractivity contribution in [2.75, 3.05) is 0 Å². The molecule has 8 aliphatic rings. The molecule has 0 amide bonds. The fourth-order valence-electron chi connectivity index (χ4n) is 12.7. The average molecular weight is 621 g/mol. The maximum atomic E-state index is 13.2. The summed E-state index contributed by atoms with van der Waals surface area (Å²) in [6.07, 6.45) is -5.33. The molecule has 0 aromatic carbocycles. The molecule has 3 heterocycles. The zero-order valence-electron chi connectivity index (χ0n) is 26.1. The Morgan fingerprint density at radius 2 is 1.57 bits per heavy atom. The van der Waals surface area contributed by atoms with Crippen LogP contribution in [0.15, 0.2) is 0 Å². The summed E-state index contributed by atoms with van der Waals surface area (Å²) in [4.78, 5) is 38.9. The van der Waals surface area contributed by atoms with E-state index in [1.165, 1.54) is 20.8 Å². The summed E-state index contributed by atoms with van der Waals surface area (Å²) >= 11 is 0. The number of epoxide rings is 2. The largest absolute Gasteiger partial charge is 0.458 e. The fourth-order valence-corrected chi connectivity index (χ4v) is 12.7. The zero-order chi connectivity index (χ0) is 31.8. The van der Waals surface area contributed by atoms with Gasteiger partial charge in [-0.3, -0.25) is 9.59 Å². The van der Waals surface area contributed by atoms with E-state index < -0.39 is 112 Å². The summed E-state index contributed by atoms with van der Waals surface area (Å²) in [5.74, 6) is -7.38. The molecule has 12 heteroatoms. The number of aliphatic hydroxyl groups is 4. The van der Waals surface area contributed by atoms with Gasteiger partial charge in [0, 0.05) is 42.4 Å². The maximum Gasteiger partial charge on any atom is 0.341 e. The number of hydrogen-bond acceptors (Lipinski definition) is 12. The molecule has 0 bridgehead atoms. The predicted molar refractivity (Wildman–Crippen MR) is 146 cm³/mol. The minimum Gasteiger partial charge on any atom is -0.458 e. The van der Waals surface area contributed by atoms with Crippen LogP contribution in [0.1, 0.15) is 61.3 Å². The predicted octanol–water partition coefficient (Wildman–Crippen LogP) is 0.303. The van der Waals surface area contributed by atoms with Crippen molar-refractivity contribution in [1.29, 1.82) is 0 Å². The first-order valence-corrected chi connectivity index (χ1v) is 16.1. The number of esters is 3. The Bertz CT molecular complexity index is 1350. The standard InChI is InChI=1S/C32H44O12/c1-10-17-20(30(6)31(7,39)27(38)44-32(30)25(10)43-32)21(36)18-16-14(35)8-13-9-15-22(42-15)24(37)28(13,4)19(16)23(40-11(2)33)26(29(17,18)5)41-12(3)34/h10,13-26,35-37,39H,8-9H2,1-7H3/t10-,13-,14-,15-,16?,17-,18+,19?,20-,21+,22-,23-,24-,25+,26-,28-,29+,30-,31+,32-/m0/s1. The molecule has 3 saturated heterocycles. The van der Waals surface area contributed by atoms with Gasteiger partial charge in [0.05, 0.1) is 29.8 Å². The van der Waals surface area contributed by atoms with Crippen molar-refractivity contribution in [3.8, 4) is 0 Å². The van der Waals surface area contributed by atoms with Crippen LogP contribution in [0.4, 0.5) is 0 Å². The highest BCUT2D eigenvalue weighted by Crippen LogP contribution is 2.80. The third-order valence-corrected chi connectivity index (χ3v) is 14.6. The molecule has 4 N–H and O–H groups in total. The number of aliphatic hydroxyl groups excluding tert-OH is 3. The first-order valence-electron chi connectivity index (χ1n) is 16.1. The lowest BCUT2D eigenvalue weighted by Gasteiger charge is -2.65. The molecule has 5 saturated carbocycles. The van der Waals surface area contributed by atoms with Gasteiger partial charge in [0.25, 0.3) is 0 Å². The van der Waals surface area contributed by atoms with E-state index in [9.17, 15) is 34.8 Å². The van der Waals surface area contributed by atoms with Crippen LogP contribution >= 0.6 is 0 Å². The summed E-state index contributed by atoms with van der Waals surface area (Å²) in [6, 6.07) is 0. The maximum absolute atomic E-state index is 13.2. The smallest absolute Gasteiger partial charge is 0.341 e. The van der Waals surface area contributed by atoms with E-state index in [2.05, 4.69) is 0 Å². The lowest BCUT2D eigenvalue weighted by atomic mass is 9.41. The van der Waals surface area contributed by atoms with Gasteiger partial charge >= 0.3 is 17.9 Å². The third kappa shape index (κ3) is 2.97. The number of carbonyl (C=O) groups is 3. The van der Waals surface area contributed by atoms with Gasteiger partial charge in [-0.05, 0) is 50.4 Å². The summed E-state index contributed by atoms with van der Waals surface area (Å²) in [6.45, 7) is 11.5. The van der Waals surface area contributed by atoms with Gasteiger partial charge < -0.3 is 44.1 Å². The number of hydrogen-bond donors (Lipinski definition) is 4. The van der Waals surface area contributed by atoms with Gasteiger partial charge in [0.1, 0.15) is 24.4 Å². The molecule has 3 aliphatic heterocycles. The van der Waals surface area contributed by atoms with E-state index in [0.29, 0.717) is 12.8 Å². The highest BCUT2D eigenvalue weighted by atomic mass is 16.8. The summed E-state index contributed by atoms with van der Waals surface area (Å²) < 4.78 is 30.1. The molecule has 8 rings (SSSR count). The van der Waals surface area contributed by atoms with Crippen molar-refractivity contribution >= 4 is 17.9 Å². The van der Waals surface area contributed by atoms with Crippen molar-refractivity contribution in [2.45, 2.75) is 122 Å². The molecule has 12 nitrogen and oxygen atoms in total. The second-order valence-electron chi connectivity index (χ2n) is 16.1. The molecule has 0 aromatic rings. The van der Waals surface area contributed by atoms with Gasteiger partial charge in [-0.25, -0.2) is 4.79 Å². The van der Waals surface area contributed by atoms with Crippen molar-refractivity contribution in [1.82, 2.24) is 0 Å². The molecular weight excluding hydrogens is 576 g/mol. The molecule has 0 radical (unpaired) electrons. The monoisotopic (exact) mass is 620 g/mol. The Kier molecular flexibility index (Phi) is 5.61. The quantitative estimate of drug-likeness (QED) is 0.188. The average Bonchev–Trinajstić information content (AvgIpc) is 3.82. The topological polar surface area (TPSA) is 185 Å². The van der Waals surface area contributed by atoms with Crippen LogP contribution in [0.3, 0.4) is 0 Å². The van der Waals surface area contributed by atoms with Gasteiger partial charge in [-0.15, -0.1) is 0 Å². The third-order valence-electron chi connectivity index (χ3n) is 14.6. The number of carbonyl (C=O) groups excluding carboxylic acids is 3. The lowest BCUT2D eigenvalue weighted by molar-refractivity contribution is -0.280. The SMILES string of the molecule is CC(=O)O[C@H]1C2C([C@@H]3[C@@H](O)[C@@H]4[C@H]([C@H](C)[C@H]5O[C@]56OC(=O)[C@@](C)(O)[C@]46C)[C@@]3(C)[C@H]1OC(C)=O)[C@@H](O)C[C@H]1C[C@@H]3O[C@@H]3[C@H](O)[C@]21C. The summed E-state index contributed by atoms with van der Waals surface area (Å²) in [5, 5.41) is 48.3. The molecule has 0 aromatic heterocycles. The van der Waals surface area contributed by atoms with Crippen LogP contribution in [0, 0.1) is 57.7 Å². The molecular formula is C32H44O12. The van der Waals surface area contributed by atoms with Crippen molar-refractivity contribution in [2.24, 2.45) is 57.7 Å².